The summed E-state index contributed by atoms with van der Waals surface area (Å²) < 4.78 is 5.14. The van der Waals surface area contributed by atoms with Crippen LogP contribution in [0.3, 0.4) is 0 Å². The first kappa shape index (κ1) is 17.7. The SMILES string of the molecule is CC(CNC(=O)OC(C)(C)C)Nc1cc(Cl)c(O)c(Cl)c1. The number of benzene rings is 1. The lowest BCUT2D eigenvalue weighted by molar-refractivity contribution is 0.0526. The van der Waals surface area contributed by atoms with E-state index in [9.17, 15) is 9.90 Å². The number of hydrogen-bond acceptors (Lipinski definition) is 4. The van der Waals surface area contributed by atoms with Crippen molar-refractivity contribution in [1.29, 1.82) is 0 Å². The highest BCUT2D eigenvalue weighted by molar-refractivity contribution is 6.37. The van der Waals surface area contributed by atoms with Crippen molar-refractivity contribution in [2.45, 2.75) is 39.3 Å². The molecule has 0 aliphatic carbocycles. The van der Waals surface area contributed by atoms with Crippen LogP contribution >= 0.6 is 23.2 Å². The van der Waals surface area contributed by atoms with Gasteiger partial charge in [0.25, 0.3) is 0 Å². The lowest BCUT2D eigenvalue weighted by atomic mass is 10.2. The van der Waals surface area contributed by atoms with Gasteiger partial charge in [0.05, 0.1) is 10.0 Å². The van der Waals surface area contributed by atoms with Gasteiger partial charge < -0.3 is 20.5 Å². The summed E-state index contributed by atoms with van der Waals surface area (Å²) in [6.07, 6.45) is -0.474. The van der Waals surface area contributed by atoms with Crippen LogP contribution in [0, 0.1) is 0 Å². The number of ether oxygens (including phenoxy) is 1. The molecule has 1 amide bonds. The van der Waals surface area contributed by atoms with Crippen molar-refractivity contribution < 1.29 is 14.6 Å². The van der Waals surface area contributed by atoms with Crippen LogP contribution in [0.4, 0.5) is 10.5 Å². The molecule has 1 unspecified atom stereocenters. The lowest BCUT2D eigenvalue weighted by Crippen LogP contribution is -2.38. The molecule has 5 nitrogen and oxygen atoms in total. The average molecular weight is 335 g/mol. The first-order chi connectivity index (χ1) is 9.58. The van der Waals surface area contributed by atoms with Gasteiger partial charge >= 0.3 is 6.09 Å². The van der Waals surface area contributed by atoms with Crippen molar-refractivity contribution in [2.24, 2.45) is 0 Å². The molecule has 0 heterocycles. The molecular weight excluding hydrogens is 315 g/mol. The van der Waals surface area contributed by atoms with Crippen LogP contribution in [0.5, 0.6) is 5.75 Å². The van der Waals surface area contributed by atoms with E-state index in [1.165, 1.54) is 0 Å². The van der Waals surface area contributed by atoms with Crippen LogP contribution in [0.2, 0.25) is 10.0 Å². The Morgan fingerprint density at radius 3 is 2.33 bits per heavy atom. The molecular formula is C14H20Cl2N2O3. The second kappa shape index (κ2) is 7.09. The summed E-state index contributed by atoms with van der Waals surface area (Å²) in [4.78, 5) is 11.5. The molecule has 0 saturated carbocycles. The van der Waals surface area contributed by atoms with Crippen molar-refractivity contribution >= 4 is 35.0 Å². The number of aromatic hydroxyl groups is 1. The molecule has 3 N–H and O–H groups in total. The second-order valence-electron chi connectivity index (χ2n) is 5.72. The van der Waals surface area contributed by atoms with Crippen molar-refractivity contribution in [3.05, 3.63) is 22.2 Å². The number of carbonyl (C=O) groups excluding carboxylic acids is 1. The fourth-order valence-corrected chi connectivity index (χ4v) is 2.02. The third-order valence-corrected chi connectivity index (χ3v) is 2.96. The third-order valence-electron chi connectivity index (χ3n) is 2.38. The predicted octanol–water partition coefficient (Wildman–Crippen LogP) is 4.02. The van der Waals surface area contributed by atoms with Crippen molar-refractivity contribution in [2.75, 3.05) is 11.9 Å². The summed E-state index contributed by atoms with van der Waals surface area (Å²) in [5.41, 5.74) is 0.125. The Morgan fingerprint density at radius 1 is 1.33 bits per heavy atom. The van der Waals surface area contributed by atoms with Crippen LogP contribution in [-0.4, -0.2) is 29.4 Å². The smallest absolute Gasteiger partial charge is 0.407 e. The molecule has 0 aliphatic heterocycles. The fraction of sp³-hybridized carbons (Fsp3) is 0.500. The Morgan fingerprint density at radius 2 is 1.86 bits per heavy atom. The molecule has 0 aliphatic rings. The molecule has 0 spiro atoms. The van der Waals surface area contributed by atoms with Crippen molar-refractivity contribution in [1.82, 2.24) is 5.32 Å². The molecule has 0 saturated heterocycles. The quantitative estimate of drug-likeness (QED) is 0.727. The second-order valence-corrected chi connectivity index (χ2v) is 6.53. The van der Waals surface area contributed by atoms with E-state index in [-0.39, 0.29) is 21.8 Å². The zero-order valence-electron chi connectivity index (χ0n) is 12.5. The predicted molar refractivity (Wildman–Crippen MR) is 85.4 cm³/mol. The number of halogens is 2. The Kier molecular flexibility index (Phi) is 5.98. The monoisotopic (exact) mass is 334 g/mol. The molecule has 1 atom stereocenters. The Bertz CT molecular complexity index is 492. The molecule has 0 aromatic heterocycles. The van der Waals surface area contributed by atoms with Gasteiger partial charge in [-0.05, 0) is 39.8 Å². The summed E-state index contributed by atoms with van der Waals surface area (Å²) in [6, 6.07) is 3.05. The first-order valence-electron chi connectivity index (χ1n) is 6.50. The fourth-order valence-electron chi connectivity index (χ4n) is 1.54. The lowest BCUT2D eigenvalue weighted by Gasteiger charge is -2.21. The van der Waals surface area contributed by atoms with Gasteiger partial charge in [-0.3, -0.25) is 0 Å². The molecule has 1 aromatic carbocycles. The Hall–Kier alpha value is -1.33. The highest BCUT2D eigenvalue weighted by atomic mass is 35.5. The van der Waals surface area contributed by atoms with Gasteiger partial charge in [0, 0.05) is 18.3 Å². The van der Waals surface area contributed by atoms with Gasteiger partial charge in [0.2, 0.25) is 0 Å². The van der Waals surface area contributed by atoms with Crippen molar-refractivity contribution in [3.8, 4) is 5.75 Å². The van der Waals surface area contributed by atoms with Gasteiger partial charge in [-0.25, -0.2) is 4.79 Å². The number of hydrogen-bond donors (Lipinski definition) is 3. The third kappa shape index (κ3) is 6.31. The molecule has 1 rings (SSSR count). The average Bonchev–Trinajstić information content (AvgIpc) is 2.31. The summed E-state index contributed by atoms with van der Waals surface area (Å²) >= 11 is 11.7. The Labute approximate surface area is 134 Å². The molecule has 0 radical (unpaired) electrons. The van der Waals surface area contributed by atoms with Crippen LogP contribution in [0.25, 0.3) is 0 Å². The number of nitrogens with one attached hydrogen (secondary N) is 2. The maximum Gasteiger partial charge on any atom is 0.407 e. The molecule has 118 valence electrons. The summed E-state index contributed by atoms with van der Waals surface area (Å²) in [6.45, 7) is 7.65. The number of anilines is 1. The van der Waals surface area contributed by atoms with Gasteiger partial charge in [-0.2, -0.15) is 0 Å². The standard InChI is InChI=1S/C14H20Cl2N2O3/c1-8(7-17-13(20)21-14(2,3)4)18-9-5-10(15)12(19)11(16)6-9/h5-6,8,18-19H,7H2,1-4H3,(H,17,20). The van der Waals surface area contributed by atoms with E-state index in [1.54, 1.807) is 32.9 Å². The maximum atomic E-state index is 11.5. The highest BCUT2D eigenvalue weighted by Crippen LogP contribution is 2.34. The first-order valence-corrected chi connectivity index (χ1v) is 7.25. The van der Waals surface area contributed by atoms with E-state index < -0.39 is 11.7 Å². The number of phenolic OH excluding ortho intramolecular Hbond substituents is 1. The molecule has 1 aromatic rings. The largest absolute Gasteiger partial charge is 0.505 e. The van der Waals surface area contributed by atoms with Crippen LogP contribution in [-0.2, 0) is 4.74 Å². The topological polar surface area (TPSA) is 70.6 Å². The van der Waals surface area contributed by atoms with Crippen LogP contribution in [0.15, 0.2) is 12.1 Å². The van der Waals surface area contributed by atoms with E-state index in [1.807, 2.05) is 6.92 Å². The number of carbonyl (C=O) groups is 1. The van der Waals surface area contributed by atoms with E-state index in [4.69, 9.17) is 27.9 Å². The van der Waals surface area contributed by atoms with Crippen LogP contribution in [0.1, 0.15) is 27.7 Å². The minimum atomic E-state index is -0.529. The van der Waals surface area contributed by atoms with Gasteiger partial charge in [-0.1, -0.05) is 23.2 Å². The minimum absolute atomic E-state index is 0.0748. The number of amides is 1. The van der Waals surface area contributed by atoms with E-state index in [0.29, 0.717) is 12.2 Å². The molecule has 21 heavy (non-hydrogen) atoms. The van der Waals surface area contributed by atoms with Crippen molar-refractivity contribution in [3.63, 3.8) is 0 Å². The maximum absolute atomic E-state index is 11.5. The minimum Gasteiger partial charge on any atom is -0.505 e. The zero-order valence-corrected chi connectivity index (χ0v) is 14.0. The van der Waals surface area contributed by atoms with Gasteiger partial charge in [0.15, 0.2) is 5.75 Å². The number of phenols is 1. The van der Waals surface area contributed by atoms with Crippen LogP contribution < -0.4 is 10.6 Å². The summed E-state index contributed by atoms with van der Waals surface area (Å²) in [5, 5.41) is 15.6. The number of rotatable bonds is 4. The normalized spacial score (nSPS) is 12.7. The summed E-state index contributed by atoms with van der Waals surface area (Å²) in [7, 11) is 0. The molecule has 7 heteroatoms. The van der Waals surface area contributed by atoms with E-state index in [2.05, 4.69) is 10.6 Å². The zero-order chi connectivity index (χ0) is 16.2. The Balaban J connectivity index is 2.51. The molecule has 0 bridgehead atoms. The highest BCUT2D eigenvalue weighted by Gasteiger charge is 2.16. The summed E-state index contributed by atoms with van der Waals surface area (Å²) in [5.74, 6) is -0.150. The molecule has 0 fully saturated rings. The number of alkyl carbamates (subject to hydrolysis) is 1. The van der Waals surface area contributed by atoms with Gasteiger partial charge in [0.1, 0.15) is 5.60 Å². The van der Waals surface area contributed by atoms with E-state index in [0.717, 1.165) is 0 Å². The van der Waals surface area contributed by atoms with Gasteiger partial charge in [-0.15, -0.1) is 0 Å². The van der Waals surface area contributed by atoms with E-state index >= 15 is 0 Å².